The number of carboxylic acids is 1. The average molecular weight is 289 g/mol. The molecule has 3 rings (SSSR count). The maximum atomic E-state index is 12.4. The highest BCUT2D eigenvalue weighted by Gasteiger charge is 2.36. The molecule has 6 nitrogen and oxygen atoms in total. The zero-order valence-electron chi connectivity index (χ0n) is 11.2. The molecule has 2 N–H and O–H groups in total. The predicted octanol–water partition coefficient (Wildman–Crippen LogP) is 1.34. The smallest absolute Gasteiger partial charge is 0.303 e. The Morgan fingerprint density at radius 3 is 2.76 bits per heavy atom. The predicted molar refractivity (Wildman–Crippen MR) is 73.9 cm³/mol. The minimum absolute atomic E-state index is 0.133. The molecule has 1 saturated heterocycles. The summed E-state index contributed by atoms with van der Waals surface area (Å²) in [7, 11) is 0. The molecule has 2 aromatic rings. The van der Waals surface area contributed by atoms with E-state index in [4.69, 9.17) is 9.52 Å². The first-order chi connectivity index (χ1) is 10.0. The van der Waals surface area contributed by atoms with E-state index in [9.17, 15) is 14.7 Å². The number of aliphatic carboxylic acids is 1. The van der Waals surface area contributed by atoms with Gasteiger partial charge in [0.15, 0.2) is 5.76 Å². The topological polar surface area (TPSA) is 91.0 Å². The van der Waals surface area contributed by atoms with E-state index in [1.807, 2.05) is 18.2 Å². The van der Waals surface area contributed by atoms with Crippen molar-refractivity contribution in [1.29, 1.82) is 0 Å². The Hall–Kier alpha value is -2.34. The summed E-state index contributed by atoms with van der Waals surface area (Å²) in [4.78, 5) is 24.5. The van der Waals surface area contributed by atoms with Gasteiger partial charge in [0.2, 0.25) is 0 Å². The van der Waals surface area contributed by atoms with E-state index in [2.05, 4.69) is 0 Å². The number of carboxylic acid groups (broad SMARTS) is 1. The quantitative estimate of drug-likeness (QED) is 0.889. The number of β-amino-alcohol motifs (C(OH)–C–C–N with tert-alkyl or cyclic N) is 1. The van der Waals surface area contributed by atoms with Crippen LogP contribution in [0, 0.1) is 5.92 Å². The number of aliphatic hydroxyl groups excluding tert-OH is 1. The van der Waals surface area contributed by atoms with Gasteiger partial charge in [-0.1, -0.05) is 18.2 Å². The first-order valence-electron chi connectivity index (χ1n) is 6.72. The van der Waals surface area contributed by atoms with Gasteiger partial charge >= 0.3 is 5.97 Å². The van der Waals surface area contributed by atoms with Gasteiger partial charge in [-0.2, -0.15) is 0 Å². The molecule has 0 radical (unpaired) electrons. The number of carbonyl (C=O) groups excluding carboxylic acids is 1. The highest BCUT2D eigenvalue weighted by Crippen LogP contribution is 2.25. The van der Waals surface area contributed by atoms with Crippen molar-refractivity contribution in [3.05, 3.63) is 36.1 Å². The SMILES string of the molecule is O=C(O)C[C@@H]1CN(C(=O)c2cc3ccccc3o2)C[C@H]1O. The van der Waals surface area contributed by atoms with E-state index in [-0.39, 0.29) is 31.2 Å². The van der Waals surface area contributed by atoms with Crippen molar-refractivity contribution >= 4 is 22.8 Å². The minimum Gasteiger partial charge on any atom is -0.481 e. The highest BCUT2D eigenvalue weighted by molar-refractivity contribution is 5.96. The van der Waals surface area contributed by atoms with Crippen LogP contribution < -0.4 is 0 Å². The molecular weight excluding hydrogens is 274 g/mol. The molecule has 2 heterocycles. The molecule has 0 unspecified atom stereocenters. The third-order valence-electron chi connectivity index (χ3n) is 3.77. The Bertz CT molecular complexity index is 659. The molecule has 0 spiro atoms. The summed E-state index contributed by atoms with van der Waals surface area (Å²) >= 11 is 0. The van der Waals surface area contributed by atoms with Crippen LogP contribution in [-0.2, 0) is 4.79 Å². The molecule has 1 aliphatic rings. The molecule has 6 heteroatoms. The number of likely N-dealkylation sites (tertiary alicyclic amines) is 1. The van der Waals surface area contributed by atoms with E-state index in [0.29, 0.717) is 5.58 Å². The summed E-state index contributed by atoms with van der Waals surface area (Å²) in [5, 5.41) is 19.5. The lowest BCUT2D eigenvalue weighted by molar-refractivity contribution is -0.138. The molecule has 1 aliphatic heterocycles. The number of amides is 1. The normalized spacial score (nSPS) is 21.9. The number of hydrogen-bond donors (Lipinski definition) is 2. The Morgan fingerprint density at radius 2 is 2.05 bits per heavy atom. The number of furan rings is 1. The van der Waals surface area contributed by atoms with Crippen molar-refractivity contribution in [3.8, 4) is 0 Å². The largest absolute Gasteiger partial charge is 0.481 e. The van der Waals surface area contributed by atoms with E-state index >= 15 is 0 Å². The van der Waals surface area contributed by atoms with Crippen molar-refractivity contribution in [1.82, 2.24) is 4.90 Å². The van der Waals surface area contributed by atoms with E-state index in [0.717, 1.165) is 5.39 Å². The summed E-state index contributed by atoms with van der Waals surface area (Å²) in [6.07, 6.45) is -0.958. The van der Waals surface area contributed by atoms with Gasteiger partial charge in [-0.15, -0.1) is 0 Å². The van der Waals surface area contributed by atoms with Crippen molar-refractivity contribution in [3.63, 3.8) is 0 Å². The van der Waals surface area contributed by atoms with Crippen molar-refractivity contribution in [2.75, 3.05) is 13.1 Å². The monoisotopic (exact) mass is 289 g/mol. The van der Waals surface area contributed by atoms with Crippen LogP contribution >= 0.6 is 0 Å². The van der Waals surface area contributed by atoms with Crippen LogP contribution in [0.4, 0.5) is 0 Å². The van der Waals surface area contributed by atoms with Crippen LogP contribution in [0.25, 0.3) is 11.0 Å². The van der Waals surface area contributed by atoms with Gasteiger partial charge < -0.3 is 19.5 Å². The lowest BCUT2D eigenvalue weighted by atomic mass is 10.0. The molecule has 2 atom stereocenters. The Kier molecular flexibility index (Phi) is 3.39. The van der Waals surface area contributed by atoms with Gasteiger partial charge in [0.25, 0.3) is 5.91 Å². The fourth-order valence-corrected chi connectivity index (χ4v) is 2.69. The first kappa shape index (κ1) is 13.6. The zero-order chi connectivity index (χ0) is 15.0. The summed E-state index contributed by atoms with van der Waals surface area (Å²) in [6.45, 7) is 0.358. The van der Waals surface area contributed by atoms with Gasteiger partial charge in [0, 0.05) is 24.4 Å². The number of hydrogen-bond acceptors (Lipinski definition) is 4. The van der Waals surface area contributed by atoms with Crippen LogP contribution in [0.1, 0.15) is 17.0 Å². The third-order valence-corrected chi connectivity index (χ3v) is 3.77. The van der Waals surface area contributed by atoms with Crippen molar-refractivity contribution < 1.29 is 24.2 Å². The molecule has 1 amide bonds. The fraction of sp³-hybridized carbons (Fsp3) is 0.333. The van der Waals surface area contributed by atoms with Crippen LogP contribution in [0.2, 0.25) is 0 Å². The number of nitrogens with zero attached hydrogens (tertiary/aromatic N) is 1. The van der Waals surface area contributed by atoms with Crippen LogP contribution in [0.3, 0.4) is 0 Å². The molecule has 1 fully saturated rings. The second-order valence-electron chi connectivity index (χ2n) is 5.28. The van der Waals surface area contributed by atoms with Crippen LogP contribution in [-0.4, -0.2) is 46.2 Å². The molecule has 0 bridgehead atoms. The van der Waals surface area contributed by atoms with E-state index < -0.39 is 18.0 Å². The van der Waals surface area contributed by atoms with Gasteiger partial charge in [-0.05, 0) is 12.1 Å². The van der Waals surface area contributed by atoms with Crippen LogP contribution in [0.5, 0.6) is 0 Å². The molecule has 0 aliphatic carbocycles. The number of fused-ring (bicyclic) bond motifs is 1. The Balaban J connectivity index is 1.78. The number of aliphatic hydroxyl groups is 1. The Labute approximate surface area is 120 Å². The molecule has 110 valence electrons. The zero-order valence-corrected chi connectivity index (χ0v) is 11.2. The fourth-order valence-electron chi connectivity index (χ4n) is 2.69. The number of carbonyl (C=O) groups is 2. The minimum atomic E-state index is -0.975. The molecular formula is C15H15NO5. The van der Waals surface area contributed by atoms with E-state index in [1.165, 1.54) is 4.90 Å². The molecule has 1 aromatic heterocycles. The lowest BCUT2D eigenvalue weighted by Gasteiger charge is -2.13. The summed E-state index contributed by atoms with van der Waals surface area (Å²) in [5.41, 5.74) is 0.627. The maximum Gasteiger partial charge on any atom is 0.303 e. The third kappa shape index (κ3) is 2.62. The Morgan fingerprint density at radius 1 is 1.29 bits per heavy atom. The second kappa shape index (κ2) is 5.21. The lowest BCUT2D eigenvalue weighted by Crippen LogP contribution is -2.29. The van der Waals surface area contributed by atoms with Gasteiger partial charge in [0.05, 0.1) is 12.5 Å². The highest BCUT2D eigenvalue weighted by atomic mass is 16.4. The van der Waals surface area contributed by atoms with Crippen LogP contribution in [0.15, 0.2) is 34.7 Å². The molecule has 1 aromatic carbocycles. The number of benzene rings is 1. The first-order valence-corrected chi connectivity index (χ1v) is 6.72. The maximum absolute atomic E-state index is 12.4. The van der Waals surface area contributed by atoms with Crippen molar-refractivity contribution in [2.45, 2.75) is 12.5 Å². The van der Waals surface area contributed by atoms with Gasteiger partial charge in [-0.3, -0.25) is 9.59 Å². The summed E-state index contributed by atoms with van der Waals surface area (Å²) < 4.78 is 5.50. The van der Waals surface area contributed by atoms with Crippen molar-refractivity contribution in [2.24, 2.45) is 5.92 Å². The van der Waals surface area contributed by atoms with Gasteiger partial charge in [0.1, 0.15) is 5.58 Å². The second-order valence-corrected chi connectivity index (χ2v) is 5.28. The number of para-hydroxylation sites is 1. The average Bonchev–Trinajstić information content (AvgIpc) is 3.02. The standard InChI is InChI=1S/C15H15NO5/c17-11-8-16(7-10(11)6-14(18)19)15(20)13-5-9-3-1-2-4-12(9)21-13/h1-5,10-11,17H,6-8H2,(H,18,19)/t10-,11-/m1/s1. The molecule has 0 saturated carbocycles. The molecule has 21 heavy (non-hydrogen) atoms. The van der Waals surface area contributed by atoms with Gasteiger partial charge in [-0.25, -0.2) is 0 Å². The summed E-state index contributed by atoms with van der Waals surface area (Å²) in [5.74, 6) is -1.52. The summed E-state index contributed by atoms with van der Waals surface area (Å²) in [6, 6.07) is 8.96. The van der Waals surface area contributed by atoms with E-state index in [1.54, 1.807) is 12.1 Å². The number of rotatable bonds is 3.